The minimum atomic E-state index is 0.433. The number of hydrogen-bond donors (Lipinski definition) is 1. The molecule has 0 amide bonds. The van der Waals surface area contributed by atoms with E-state index in [0.717, 1.165) is 17.9 Å². The molecule has 0 aromatic carbocycles. The lowest BCUT2D eigenvalue weighted by molar-refractivity contribution is 0.263. The Morgan fingerprint density at radius 2 is 2.10 bits per heavy atom. The maximum absolute atomic E-state index is 5.91. The molecule has 0 atom stereocenters. The lowest BCUT2D eigenvalue weighted by Gasteiger charge is -2.19. The maximum Gasteiger partial charge on any atom is 0.239 e. The minimum absolute atomic E-state index is 0.433. The zero-order valence-electron chi connectivity index (χ0n) is 12.8. The minimum Gasteiger partial charge on any atom is -0.476 e. The average molecular weight is 286 g/mol. The van der Waals surface area contributed by atoms with Gasteiger partial charge in [-0.1, -0.05) is 19.9 Å². The number of aromatic nitrogens is 2. The molecular weight excluding hydrogens is 264 g/mol. The Bertz CT molecular complexity index is 572. The summed E-state index contributed by atoms with van der Waals surface area (Å²) in [6.45, 7) is 5.52. The first-order valence-corrected chi connectivity index (χ1v) is 7.05. The van der Waals surface area contributed by atoms with Crippen LogP contribution in [-0.2, 0) is 6.54 Å². The molecule has 21 heavy (non-hydrogen) atoms. The lowest BCUT2D eigenvalue weighted by atomic mass is 10.2. The average Bonchev–Trinajstić information content (AvgIpc) is 2.47. The Hall–Kier alpha value is -2.30. The number of nitrogen functional groups attached to an aromatic ring is 1. The number of rotatable bonds is 6. The van der Waals surface area contributed by atoms with Gasteiger partial charge >= 0.3 is 0 Å². The van der Waals surface area contributed by atoms with E-state index in [2.05, 4.69) is 23.8 Å². The molecule has 0 radical (unpaired) electrons. The number of anilines is 2. The summed E-state index contributed by atoms with van der Waals surface area (Å²) >= 11 is 0. The molecule has 2 aromatic rings. The fourth-order valence-electron chi connectivity index (χ4n) is 1.86. The van der Waals surface area contributed by atoms with Crippen LogP contribution in [0.4, 0.5) is 11.5 Å². The second-order valence-electron chi connectivity index (χ2n) is 5.49. The summed E-state index contributed by atoms with van der Waals surface area (Å²) in [6, 6.07) is 7.69. The number of ether oxygens (including phenoxy) is 1. The van der Waals surface area contributed by atoms with E-state index >= 15 is 0 Å². The lowest BCUT2D eigenvalue weighted by Crippen LogP contribution is -2.18. The van der Waals surface area contributed by atoms with Crippen molar-refractivity contribution >= 4 is 11.5 Å². The van der Waals surface area contributed by atoms with Crippen molar-refractivity contribution < 1.29 is 4.74 Å². The van der Waals surface area contributed by atoms with E-state index in [0.29, 0.717) is 24.1 Å². The van der Waals surface area contributed by atoms with Crippen molar-refractivity contribution in [2.45, 2.75) is 20.4 Å². The van der Waals surface area contributed by atoms with Gasteiger partial charge in [-0.05, 0) is 29.7 Å². The zero-order valence-corrected chi connectivity index (χ0v) is 12.8. The number of hydrogen-bond acceptors (Lipinski definition) is 5. The van der Waals surface area contributed by atoms with Crippen LogP contribution in [0, 0.1) is 5.92 Å². The molecule has 0 aliphatic heterocycles. The number of nitrogens with zero attached hydrogens (tertiary/aromatic N) is 3. The van der Waals surface area contributed by atoms with Gasteiger partial charge in [0.05, 0.1) is 12.3 Å². The predicted octanol–water partition coefficient (Wildman–Crippen LogP) is 2.73. The highest BCUT2D eigenvalue weighted by Gasteiger charge is 2.09. The molecule has 0 saturated heterocycles. The summed E-state index contributed by atoms with van der Waals surface area (Å²) in [4.78, 5) is 10.7. The van der Waals surface area contributed by atoms with Gasteiger partial charge in [0.15, 0.2) is 0 Å². The molecule has 112 valence electrons. The molecule has 0 bridgehead atoms. The van der Waals surface area contributed by atoms with Gasteiger partial charge < -0.3 is 15.4 Å². The molecule has 2 aromatic heterocycles. The van der Waals surface area contributed by atoms with Crippen LogP contribution in [0.1, 0.15) is 19.4 Å². The summed E-state index contributed by atoms with van der Waals surface area (Å²) in [5.41, 5.74) is 7.60. The Balaban J connectivity index is 2.10. The van der Waals surface area contributed by atoms with E-state index in [4.69, 9.17) is 10.5 Å². The highest BCUT2D eigenvalue weighted by Crippen LogP contribution is 2.23. The summed E-state index contributed by atoms with van der Waals surface area (Å²) in [5.74, 6) is 1.76. The largest absolute Gasteiger partial charge is 0.476 e. The van der Waals surface area contributed by atoms with Gasteiger partial charge in [-0.25, -0.2) is 0 Å². The second-order valence-corrected chi connectivity index (χ2v) is 5.49. The first-order valence-electron chi connectivity index (χ1n) is 7.05. The van der Waals surface area contributed by atoms with Crippen LogP contribution in [-0.4, -0.2) is 23.6 Å². The van der Waals surface area contributed by atoms with Crippen molar-refractivity contribution in [3.63, 3.8) is 0 Å². The molecule has 2 N–H and O–H groups in total. The van der Waals surface area contributed by atoms with Crippen molar-refractivity contribution in [1.82, 2.24) is 9.97 Å². The molecule has 2 heterocycles. The third kappa shape index (κ3) is 4.34. The topological polar surface area (TPSA) is 64.3 Å². The third-order valence-electron chi connectivity index (χ3n) is 2.96. The molecule has 0 saturated carbocycles. The van der Waals surface area contributed by atoms with Crippen LogP contribution in [0.15, 0.2) is 36.7 Å². The molecule has 0 aliphatic carbocycles. The molecule has 5 nitrogen and oxygen atoms in total. The smallest absolute Gasteiger partial charge is 0.239 e. The van der Waals surface area contributed by atoms with Crippen molar-refractivity contribution in [1.29, 1.82) is 0 Å². The van der Waals surface area contributed by atoms with Crippen LogP contribution in [0.3, 0.4) is 0 Å². The first-order chi connectivity index (χ1) is 10.1. The quantitative estimate of drug-likeness (QED) is 0.884. The SMILES string of the molecule is CC(C)COc1nc(N(C)Cc2cccnc2)ccc1N. The summed E-state index contributed by atoms with van der Waals surface area (Å²) in [5, 5.41) is 0. The van der Waals surface area contributed by atoms with E-state index in [-0.39, 0.29) is 0 Å². The normalized spacial score (nSPS) is 10.7. The molecule has 0 aliphatic rings. The molecule has 2 rings (SSSR count). The van der Waals surface area contributed by atoms with Gasteiger partial charge in [0.25, 0.3) is 0 Å². The van der Waals surface area contributed by atoms with Crippen LogP contribution in [0.25, 0.3) is 0 Å². The van der Waals surface area contributed by atoms with Crippen molar-refractivity contribution in [3.8, 4) is 5.88 Å². The fraction of sp³-hybridized carbons (Fsp3) is 0.375. The third-order valence-corrected chi connectivity index (χ3v) is 2.96. The van der Waals surface area contributed by atoms with Crippen LogP contribution < -0.4 is 15.4 Å². The molecule has 0 fully saturated rings. The van der Waals surface area contributed by atoms with Gasteiger partial charge in [0.1, 0.15) is 5.82 Å². The van der Waals surface area contributed by atoms with Gasteiger partial charge in [0, 0.05) is 26.0 Å². The standard InChI is InChI=1S/C16H22N4O/c1-12(2)11-21-16-14(17)6-7-15(19-16)20(3)10-13-5-4-8-18-9-13/h4-9,12H,10-11,17H2,1-3H3. The Morgan fingerprint density at radius 3 is 2.76 bits per heavy atom. The highest BCUT2D eigenvalue weighted by molar-refractivity contribution is 5.54. The van der Waals surface area contributed by atoms with E-state index in [1.165, 1.54) is 0 Å². The van der Waals surface area contributed by atoms with Crippen molar-refractivity contribution in [2.24, 2.45) is 5.92 Å². The maximum atomic E-state index is 5.91. The highest BCUT2D eigenvalue weighted by atomic mass is 16.5. The monoisotopic (exact) mass is 286 g/mol. The molecule has 0 unspecified atom stereocenters. The van der Waals surface area contributed by atoms with Crippen molar-refractivity contribution in [2.75, 3.05) is 24.3 Å². The summed E-state index contributed by atoms with van der Waals surface area (Å²) in [7, 11) is 1.98. The van der Waals surface area contributed by atoms with E-state index in [1.807, 2.05) is 42.4 Å². The first kappa shape index (κ1) is 15.1. The second kappa shape index (κ2) is 6.92. The van der Waals surface area contributed by atoms with Crippen LogP contribution in [0.2, 0.25) is 0 Å². The Morgan fingerprint density at radius 1 is 1.29 bits per heavy atom. The van der Waals surface area contributed by atoms with Crippen LogP contribution >= 0.6 is 0 Å². The molecular formula is C16H22N4O. The van der Waals surface area contributed by atoms with Gasteiger partial charge in [-0.15, -0.1) is 0 Å². The number of pyridine rings is 2. The molecule has 5 heteroatoms. The summed E-state index contributed by atoms with van der Waals surface area (Å²) < 4.78 is 5.66. The van der Waals surface area contributed by atoms with Gasteiger partial charge in [0.2, 0.25) is 5.88 Å². The predicted molar refractivity (Wildman–Crippen MR) is 85.3 cm³/mol. The number of nitrogens with two attached hydrogens (primary N) is 1. The van der Waals surface area contributed by atoms with E-state index < -0.39 is 0 Å². The van der Waals surface area contributed by atoms with E-state index in [1.54, 1.807) is 6.20 Å². The summed E-state index contributed by atoms with van der Waals surface area (Å²) in [6.07, 6.45) is 3.62. The van der Waals surface area contributed by atoms with Gasteiger partial charge in [-0.3, -0.25) is 4.98 Å². The Kier molecular flexibility index (Phi) is 4.98. The zero-order chi connectivity index (χ0) is 15.2. The fourth-order valence-corrected chi connectivity index (χ4v) is 1.86. The van der Waals surface area contributed by atoms with Crippen molar-refractivity contribution in [3.05, 3.63) is 42.2 Å². The van der Waals surface area contributed by atoms with Crippen LogP contribution in [0.5, 0.6) is 5.88 Å². The molecule has 0 spiro atoms. The Labute approximate surface area is 125 Å². The van der Waals surface area contributed by atoms with E-state index in [9.17, 15) is 0 Å². The van der Waals surface area contributed by atoms with Gasteiger partial charge in [-0.2, -0.15) is 4.98 Å².